The number of aromatic nitrogens is 5. The summed E-state index contributed by atoms with van der Waals surface area (Å²) < 4.78 is 29.6. The highest BCUT2D eigenvalue weighted by Gasteiger charge is 2.27. The highest BCUT2D eigenvalue weighted by atomic mass is 19.1. The third-order valence-electron chi connectivity index (χ3n) is 8.22. The number of fused-ring (bicyclic) bond motifs is 1. The number of nitrogens with zero attached hydrogens (tertiary/aromatic N) is 7. The molecule has 214 valence electrons. The van der Waals surface area contributed by atoms with Gasteiger partial charge in [-0.2, -0.15) is 0 Å². The van der Waals surface area contributed by atoms with Gasteiger partial charge in [-0.1, -0.05) is 5.21 Å². The Labute approximate surface area is 236 Å². The number of halogens is 1. The van der Waals surface area contributed by atoms with Crippen LogP contribution in [0.15, 0.2) is 36.8 Å². The molecule has 41 heavy (non-hydrogen) atoms. The molecule has 11 nitrogen and oxygen atoms in total. The molecule has 2 saturated heterocycles. The van der Waals surface area contributed by atoms with Gasteiger partial charge in [-0.3, -0.25) is 14.1 Å². The molecular weight excluding hydrogens is 527 g/mol. The van der Waals surface area contributed by atoms with Crippen LogP contribution in [0.5, 0.6) is 5.75 Å². The predicted octanol–water partition coefficient (Wildman–Crippen LogP) is 2.84. The van der Waals surface area contributed by atoms with Gasteiger partial charge in [-0.15, -0.1) is 5.10 Å². The Balaban J connectivity index is 1.16. The lowest BCUT2D eigenvalue weighted by atomic mass is 10.1. The molecule has 0 radical (unpaired) electrons. The molecule has 0 bridgehead atoms. The van der Waals surface area contributed by atoms with E-state index in [-0.39, 0.29) is 11.6 Å². The quantitative estimate of drug-likeness (QED) is 0.351. The number of pyridine rings is 1. The summed E-state index contributed by atoms with van der Waals surface area (Å²) in [5, 5.41) is 11.6. The van der Waals surface area contributed by atoms with E-state index in [0.29, 0.717) is 23.0 Å². The number of imidazole rings is 1. The van der Waals surface area contributed by atoms with Crippen LogP contribution in [0.4, 0.5) is 10.1 Å². The number of hydrogen-bond donors (Lipinski definition) is 1. The zero-order chi connectivity index (χ0) is 28.1. The Morgan fingerprint density at radius 2 is 1.93 bits per heavy atom. The number of carbonyl (C=O) groups is 1. The van der Waals surface area contributed by atoms with E-state index in [9.17, 15) is 9.18 Å². The lowest BCUT2D eigenvalue weighted by molar-refractivity contribution is -0.0671. The van der Waals surface area contributed by atoms with Gasteiger partial charge in [-0.05, 0) is 43.9 Å². The van der Waals surface area contributed by atoms with Crippen molar-refractivity contribution >= 4 is 17.2 Å². The molecule has 1 aromatic carbocycles. The van der Waals surface area contributed by atoms with Crippen LogP contribution in [0.2, 0.25) is 0 Å². The van der Waals surface area contributed by atoms with E-state index >= 15 is 0 Å². The van der Waals surface area contributed by atoms with E-state index < -0.39 is 11.7 Å². The molecule has 1 aliphatic carbocycles. The van der Waals surface area contributed by atoms with Crippen molar-refractivity contribution in [2.24, 2.45) is 0 Å². The third kappa shape index (κ3) is 5.02. The lowest BCUT2D eigenvalue weighted by Gasteiger charge is -2.39. The van der Waals surface area contributed by atoms with Gasteiger partial charge in [0.2, 0.25) is 0 Å². The monoisotopic (exact) mass is 560 g/mol. The number of carbonyl (C=O) groups excluding carboxylic acids is 1. The first-order valence-electron chi connectivity index (χ1n) is 14.1. The maximum absolute atomic E-state index is 14.7. The molecule has 3 aliphatic rings. The van der Waals surface area contributed by atoms with E-state index in [1.165, 1.54) is 12.1 Å². The molecular formula is C29H33FN8O3. The average Bonchev–Trinajstić information content (AvgIpc) is 3.46. The average molecular weight is 561 g/mol. The Kier molecular flexibility index (Phi) is 6.58. The lowest BCUT2D eigenvalue weighted by Crippen LogP contribution is -2.50. The van der Waals surface area contributed by atoms with E-state index in [1.54, 1.807) is 31.1 Å². The fourth-order valence-corrected chi connectivity index (χ4v) is 5.54. The Hall–Kier alpha value is -4.03. The molecule has 2 aliphatic heterocycles. The second-order valence-corrected chi connectivity index (χ2v) is 11.1. The number of rotatable bonds is 8. The largest absolute Gasteiger partial charge is 0.494 e. The normalized spacial score (nSPS) is 19.4. The van der Waals surface area contributed by atoms with Crippen molar-refractivity contribution in [3.8, 4) is 22.8 Å². The molecule has 1 atom stereocenters. The van der Waals surface area contributed by atoms with Crippen LogP contribution in [-0.4, -0.2) is 93.8 Å². The first-order chi connectivity index (χ1) is 20.0. The highest BCUT2D eigenvalue weighted by Crippen LogP contribution is 2.33. The molecule has 1 saturated carbocycles. The first kappa shape index (κ1) is 25.9. The molecule has 1 unspecified atom stereocenters. The van der Waals surface area contributed by atoms with Gasteiger partial charge in [0.1, 0.15) is 22.9 Å². The van der Waals surface area contributed by atoms with Crippen molar-refractivity contribution in [2.45, 2.75) is 38.3 Å². The molecule has 7 rings (SSSR count). The Morgan fingerprint density at radius 1 is 1.12 bits per heavy atom. The minimum Gasteiger partial charge on any atom is -0.494 e. The zero-order valence-corrected chi connectivity index (χ0v) is 23.2. The SMILES string of the molecule is COc1cc2ncc(-c3cn(-c4cc(C(=O)NC5CC5)c(F)cc4C)nn3)n2cc1N1CCN(CC2CCO2)CC1. The summed E-state index contributed by atoms with van der Waals surface area (Å²) in [5.41, 5.74) is 4.33. The maximum Gasteiger partial charge on any atom is 0.254 e. The summed E-state index contributed by atoms with van der Waals surface area (Å²) in [7, 11) is 1.68. The van der Waals surface area contributed by atoms with Crippen LogP contribution < -0.4 is 15.0 Å². The summed E-state index contributed by atoms with van der Waals surface area (Å²) in [6.45, 7) is 7.35. The van der Waals surface area contributed by atoms with E-state index in [0.717, 1.165) is 81.4 Å². The summed E-state index contributed by atoms with van der Waals surface area (Å²) in [5.74, 6) is -0.190. The minimum atomic E-state index is -0.551. The van der Waals surface area contributed by atoms with Gasteiger partial charge >= 0.3 is 0 Å². The number of nitrogens with one attached hydrogen (secondary N) is 1. The molecule has 5 heterocycles. The van der Waals surface area contributed by atoms with Crippen LogP contribution in [0.3, 0.4) is 0 Å². The molecule has 3 aromatic heterocycles. The number of anilines is 1. The summed E-state index contributed by atoms with van der Waals surface area (Å²) in [6, 6.07) is 4.97. The van der Waals surface area contributed by atoms with Gasteiger partial charge in [0.15, 0.2) is 0 Å². The summed E-state index contributed by atoms with van der Waals surface area (Å²) in [6.07, 6.45) is 8.96. The van der Waals surface area contributed by atoms with Gasteiger partial charge in [-0.25, -0.2) is 14.1 Å². The molecule has 1 amide bonds. The smallest absolute Gasteiger partial charge is 0.254 e. The number of ether oxygens (including phenoxy) is 2. The number of piperazine rings is 1. The van der Waals surface area contributed by atoms with Gasteiger partial charge in [0.25, 0.3) is 5.91 Å². The van der Waals surface area contributed by atoms with Crippen LogP contribution in [0, 0.1) is 12.7 Å². The summed E-state index contributed by atoms with van der Waals surface area (Å²) in [4.78, 5) is 22.0. The van der Waals surface area contributed by atoms with Gasteiger partial charge in [0.05, 0.1) is 48.2 Å². The molecule has 12 heteroatoms. The zero-order valence-electron chi connectivity index (χ0n) is 23.2. The number of methoxy groups -OCH3 is 1. The van der Waals surface area contributed by atoms with E-state index in [4.69, 9.17) is 9.47 Å². The van der Waals surface area contributed by atoms with Crippen LogP contribution in [0.1, 0.15) is 35.2 Å². The Morgan fingerprint density at radius 3 is 2.63 bits per heavy atom. The van der Waals surface area contributed by atoms with Crippen LogP contribution in [0.25, 0.3) is 22.7 Å². The fourth-order valence-electron chi connectivity index (χ4n) is 5.54. The first-order valence-corrected chi connectivity index (χ1v) is 14.1. The van der Waals surface area contributed by atoms with Crippen LogP contribution in [-0.2, 0) is 4.74 Å². The predicted molar refractivity (Wildman–Crippen MR) is 150 cm³/mol. The molecule has 1 N–H and O–H groups in total. The molecule has 4 aromatic rings. The fraction of sp³-hybridized carbons (Fsp3) is 0.448. The van der Waals surface area contributed by atoms with Gasteiger partial charge in [0, 0.05) is 57.6 Å². The number of amides is 1. The van der Waals surface area contributed by atoms with E-state index in [1.807, 2.05) is 16.7 Å². The molecule has 0 spiro atoms. The van der Waals surface area contributed by atoms with Crippen molar-refractivity contribution in [1.29, 1.82) is 0 Å². The number of hydrogen-bond acceptors (Lipinski definition) is 8. The number of benzene rings is 1. The topological polar surface area (TPSA) is 102 Å². The third-order valence-corrected chi connectivity index (χ3v) is 8.22. The second-order valence-electron chi connectivity index (χ2n) is 11.1. The van der Waals surface area contributed by atoms with Gasteiger partial charge < -0.3 is 19.7 Å². The molecule has 3 fully saturated rings. The maximum atomic E-state index is 14.7. The van der Waals surface area contributed by atoms with Crippen molar-refractivity contribution in [3.63, 3.8) is 0 Å². The summed E-state index contributed by atoms with van der Waals surface area (Å²) >= 11 is 0. The van der Waals surface area contributed by atoms with Crippen molar-refractivity contribution < 1.29 is 18.7 Å². The highest BCUT2D eigenvalue weighted by molar-refractivity contribution is 5.95. The Bertz CT molecular complexity index is 1600. The second kappa shape index (κ2) is 10.4. The van der Waals surface area contributed by atoms with Crippen LogP contribution >= 0.6 is 0 Å². The van der Waals surface area contributed by atoms with Crippen molar-refractivity contribution in [3.05, 3.63) is 53.7 Å². The van der Waals surface area contributed by atoms with Crippen molar-refractivity contribution in [1.82, 2.24) is 34.6 Å². The minimum absolute atomic E-state index is 0.00130. The standard InChI is InChI=1S/C29H33FN8O3/c1-18-11-22(30)21(29(39)32-19-3-4-19)12-24(18)38-16-23(33-34-38)25-14-31-28-13-27(40-2)26(17-37(25)28)36-8-6-35(7-9-36)15-20-5-10-41-20/h11-14,16-17,19-20H,3-10,15H2,1-2H3,(H,32,39). The van der Waals surface area contributed by atoms with Crippen molar-refractivity contribution in [2.75, 3.05) is 51.3 Å². The number of aryl methyl sites for hydroxylation is 1. The van der Waals surface area contributed by atoms with E-state index in [2.05, 4.69) is 30.4 Å².